The normalized spacial score (nSPS) is 11.1. The van der Waals surface area contributed by atoms with Gasteiger partial charge in [0.05, 0.1) is 7.11 Å². The van der Waals surface area contributed by atoms with Crippen LogP contribution in [0.25, 0.3) is 0 Å². The van der Waals surface area contributed by atoms with Crippen molar-refractivity contribution in [3.05, 3.63) is 47.7 Å². The minimum absolute atomic E-state index is 0.131. The maximum Gasteiger partial charge on any atom is 0.137 e. The number of benzene rings is 1. The van der Waals surface area contributed by atoms with E-state index in [1.165, 1.54) is 13.2 Å². The molecule has 0 aromatic heterocycles. The largest absolute Gasteiger partial charge is 0.542 e. The first-order valence-electron chi connectivity index (χ1n) is 4.23. The van der Waals surface area contributed by atoms with Crippen LogP contribution in [0.15, 0.2) is 42.2 Å². The van der Waals surface area contributed by atoms with Gasteiger partial charge in [-0.15, -0.1) is 0 Å². The summed E-state index contributed by atoms with van der Waals surface area (Å²) in [4.78, 5) is 10.4. The molecule has 0 aliphatic heterocycles. The Balaban J connectivity index is 2.66. The lowest BCUT2D eigenvalue weighted by atomic mass is 10.1. The average Bonchev–Trinajstić information content (AvgIpc) is 2.20. The van der Waals surface area contributed by atoms with Gasteiger partial charge in [0.15, 0.2) is 0 Å². The van der Waals surface area contributed by atoms with Crippen molar-refractivity contribution >= 4 is 5.97 Å². The highest BCUT2D eigenvalue weighted by Gasteiger charge is 1.96. The van der Waals surface area contributed by atoms with Crippen LogP contribution in [-0.2, 0) is 16.0 Å². The summed E-state index contributed by atoms with van der Waals surface area (Å²) in [6, 6.07) is 9.53. The minimum atomic E-state index is -1.29. The van der Waals surface area contributed by atoms with Crippen molar-refractivity contribution in [2.75, 3.05) is 7.11 Å². The molecule has 0 aliphatic carbocycles. The van der Waals surface area contributed by atoms with Crippen LogP contribution >= 0.6 is 0 Å². The van der Waals surface area contributed by atoms with Gasteiger partial charge in [-0.2, -0.15) is 0 Å². The molecule has 0 spiro atoms. The Bertz CT molecular complexity index is 328. The number of rotatable bonds is 4. The van der Waals surface area contributed by atoms with Gasteiger partial charge in [0, 0.05) is 0 Å². The van der Waals surface area contributed by atoms with Crippen molar-refractivity contribution in [3.8, 4) is 0 Å². The van der Waals surface area contributed by atoms with Crippen molar-refractivity contribution in [1.29, 1.82) is 0 Å². The fourth-order valence-electron chi connectivity index (χ4n) is 1.07. The molecule has 1 rings (SSSR count). The lowest BCUT2D eigenvalue weighted by Crippen LogP contribution is -2.25. The molecule has 0 radical (unpaired) electrons. The van der Waals surface area contributed by atoms with Crippen molar-refractivity contribution in [1.82, 2.24) is 0 Å². The third-order valence-corrected chi connectivity index (χ3v) is 1.79. The van der Waals surface area contributed by atoms with Crippen LogP contribution in [0.2, 0.25) is 0 Å². The predicted molar refractivity (Wildman–Crippen MR) is 50.2 cm³/mol. The van der Waals surface area contributed by atoms with E-state index in [4.69, 9.17) is 0 Å². The Morgan fingerprint density at radius 1 is 1.43 bits per heavy atom. The summed E-state index contributed by atoms with van der Waals surface area (Å²) < 4.78 is 4.63. The fraction of sp³-hybridized carbons (Fsp3) is 0.182. The van der Waals surface area contributed by atoms with Crippen molar-refractivity contribution < 1.29 is 14.6 Å². The molecular weight excluding hydrogens is 180 g/mol. The zero-order valence-electron chi connectivity index (χ0n) is 7.90. The maximum atomic E-state index is 10.4. The van der Waals surface area contributed by atoms with Crippen LogP contribution < -0.4 is 5.11 Å². The molecule has 0 unspecified atom stereocenters. The van der Waals surface area contributed by atoms with Crippen LogP contribution in [-0.4, -0.2) is 13.1 Å². The van der Waals surface area contributed by atoms with E-state index in [1.807, 2.05) is 30.3 Å². The molecule has 14 heavy (non-hydrogen) atoms. The van der Waals surface area contributed by atoms with E-state index in [0.29, 0.717) is 6.42 Å². The van der Waals surface area contributed by atoms with Crippen molar-refractivity contribution in [2.24, 2.45) is 0 Å². The molecule has 0 amide bonds. The number of methoxy groups -OCH3 is 1. The average molecular weight is 191 g/mol. The Labute approximate surface area is 82.6 Å². The number of allylic oxidation sites excluding steroid dienone is 1. The molecule has 0 bridgehead atoms. The van der Waals surface area contributed by atoms with E-state index in [0.717, 1.165) is 5.56 Å². The van der Waals surface area contributed by atoms with Gasteiger partial charge in [-0.1, -0.05) is 30.3 Å². The molecule has 3 nitrogen and oxygen atoms in total. The topological polar surface area (TPSA) is 49.4 Å². The lowest BCUT2D eigenvalue weighted by molar-refractivity contribution is -0.302. The van der Waals surface area contributed by atoms with Crippen LogP contribution in [0, 0.1) is 0 Å². The third kappa shape index (κ3) is 2.94. The highest BCUT2D eigenvalue weighted by Crippen LogP contribution is 2.03. The van der Waals surface area contributed by atoms with Crippen LogP contribution in [0.3, 0.4) is 0 Å². The molecule has 0 saturated carbocycles. The molecule has 74 valence electrons. The summed E-state index contributed by atoms with van der Waals surface area (Å²) in [6.07, 6.45) is 2.02. The Hall–Kier alpha value is -1.77. The van der Waals surface area contributed by atoms with Crippen molar-refractivity contribution in [2.45, 2.75) is 6.42 Å². The molecule has 0 atom stereocenters. The molecular formula is C11H11O3-. The van der Waals surface area contributed by atoms with Gasteiger partial charge < -0.3 is 14.6 Å². The SMILES string of the molecule is CO/C(=C/Cc1ccccc1)C(=O)[O-]. The van der Waals surface area contributed by atoms with Crippen LogP contribution in [0.4, 0.5) is 0 Å². The van der Waals surface area contributed by atoms with E-state index in [2.05, 4.69) is 4.74 Å². The summed E-state index contributed by atoms with van der Waals surface area (Å²) in [7, 11) is 1.31. The van der Waals surface area contributed by atoms with Gasteiger partial charge in [-0.25, -0.2) is 0 Å². The number of carbonyl (C=O) groups excluding carboxylic acids is 1. The first-order valence-corrected chi connectivity index (χ1v) is 4.23. The molecule has 1 aromatic rings. The maximum absolute atomic E-state index is 10.4. The summed E-state index contributed by atoms with van der Waals surface area (Å²) in [5.41, 5.74) is 1.03. The molecule has 1 aromatic carbocycles. The smallest absolute Gasteiger partial charge is 0.137 e. The Kier molecular flexibility index (Phi) is 3.73. The van der Waals surface area contributed by atoms with Crippen LogP contribution in [0.5, 0.6) is 0 Å². The number of aliphatic carboxylic acids is 1. The summed E-state index contributed by atoms with van der Waals surface area (Å²) >= 11 is 0. The Morgan fingerprint density at radius 2 is 2.07 bits per heavy atom. The van der Waals surface area contributed by atoms with Gasteiger partial charge in [0.2, 0.25) is 0 Å². The quantitative estimate of drug-likeness (QED) is 0.514. The predicted octanol–water partition coefficient (Wildman–Crippen LogP) is 0.509. The monoisotopic (exact) mass is 191 g/mol. The highest BCUT2D eigenvalue weighted by atomic mass is 16.5. The Morgan fingerprint density at radius 3 is 2.57 bits per heavy atom. The van der Waals surface area contributed by atoms with Gasteiger partial charge in [-0.3, -0.25) is 0 Å². The second-order valence-corrected chi connectivity index (χ2v) is 2.75. The molecule has 0 N–H and O–H groups in total. The third-order valence-electron chi connectivity index (χ3n) is 1.79. The van der Waals surface area contributed by atoms with Gasteiger partial charge in [0.1, 0.15) is 11.7 Å². The van der Waals surface area contributed by atoms with Gasteiger partial charge in [0.25, 0.3) is 0 Å². The van der Waals surface area contributed by atoms with Crippen LogP contribution in [0.1, 0.15) is 5.56 Å². The first-order chi connectivity index (χ1) is 6.74. The molecule has 0 heterocycles. The van der Waals surface area contributed by atoms with E-state index in [-0.39, 0.29) is 5.76 Å². The van der Waals surface area contributed by atoms with E-state index in [9.17, 15) is 9.90 Å². The minimum Gasteiger partial charge on any atom is -0.542 e. The molecule has 0 aliphatic rings. The zero-order chi connectivity index (χ0) is 10.4. The van der Waals surface area contributed by atoms with Gasteiger partial charge in [-0.05, 0) is 18.1 Å². The van der Waals surface area contributed by atoms with Crippen molar-refractivity contribution in [3.63, 3.8) is 0 Å². The fourth-order valence-corrected chi connectivity index (χ4v) is 1.07. The highest BCUT2D eigenvalue weighted by molar-refractivity contribution is 5.82. The molecule has 0 saturated heterocycles. The van der Waals surface area contributed by atoms with E-state index in [1.54, 1.807) is 0 Å². The number of carboxylic acid groups (broad SMARTS) is 1. The summed E-state index contributed by atoms with van der Waals surface area (Å²) in [5.74, 6) is -1.42. The molecule has 3 heteroatoms. The zero-order valence-corrected chi connectivity index (χ0v) is 7.90. The number of hydrogen-bond acceptors (Lipinski definition) is 3. The lowest BCUT2D eigenvalue weighted by Gasteiger charge is -2.06. The number of carboxylic acids is 1. The first kappa shape index (κ1) is 10.3. The van der Waals surface area contributed by atoms with Gasteiger partial charge >= 0.3 is 0 Å². The molecule has 0 fully saturated rings. The second kappa shape index (κ2) is 5.07. The van der Waals surface area contributed by atoms with E-state index < -0.39 is 5.97 Å². The number of ether oxygens (including phenoxy) is 1. The summed E-state index contributed by atoms with van der Waals surface area (Å²) in [5, 5.41) is 10.4. The van der Waals surface area contributed by atoms with E-state index >= 15 is 0 Å². The standard InChI is InChI=1S/C11H12O3/c1-14-10(11(12)13)8-7-9-5-3-2-4-6-9/h2-6,8H,7H2,1H3,(H,12,13)/p-1/b10-8+. The summed E-state index contributed by atoms with van der Waals surface area (Å²) in [6.45, 7) is 0. The number of hydrogen-bond donors (Lipinski definition) is 0. The second-order valence-electron chi connectivity index (χ2n) is 2.75. The number of carbonyl (C=O) groups is 1.